The molecule has 2 aliphatic carbocycles. The highest BCUT2D eigenvalue weighted by Crippen LogP contribution is 2.33. The van der Waals surface area contributed by atoms with Crippen molar-refractivity contribution in [2.75, 3.05) is 18.6 Å². The number of nitrogens with one attached hydrogen (secondary N) is 1. The maximum absolute atomic E-state index is 12.8. The van der Waals surface area contributed by atoms with Gasteiger partial charge in [-0.3, -0.25) is 9.59 Å². The predicted molar refractivity (Wildman–Crippen MR) is 117 cm³/mol. The van der Waals surface area contributed by atoms with E-state index >= 15 is 0 Å². The first-order valence-corrected chi connectivity index (χ1v) is 12.6. The second-order valence-electron chi connectivity index (χ2n) is 8.93. The predicted octanol–water partition coefficient (Wildman–Crippen LogP) is 2.48. The molecule has 7 nitrogen and oxygen atoms in total. The van der Waals surface area contributed by atoms with Crippen molar-refractivity contribution < 1.29 is 18.0 Å². The van der Waals surface area contributed by atoms with Gasteiger partial charge >= 0.3 is 0 Å². The number of aryl methyl sites for hydroxylation is 1. The van der Waals surface area contributed by atoms with Gasteiger partial charge in [0.25, 0.3) is 0 Å². The molecular formula is C22H33N3O4S. The van der Waals surface area contributed by atoms with Gasteiger partial charge in [0.2, 0.25) is 11.8 Å². The molecule has 3 N–H and O–H groups in total. The van der Waals surface area contributed by atoms with Gasteiger partial charge in [-0.25, -0.2) is 8.42 Å². The third kappa shape index (κ3) is 5.03. The van der Waals surface area contributed by atoms with Crippen LogP contribution in [-0.2, 0) is 19.4 Å². The number of rotatable bonds is 6. The molecule has 1 aromatic rings. The van der Waals surface area contributed by atoms with Gasteiger partial charge in [0, 0.05) is 25.3 Å². The van der Waals surface area contributed by atoms with Gasteiger partial charge in [0.05, 0.1) is 16.6 Å². The number of nitrogens with two attached hydrogens (primary N) is 1. The number of sulfone groups is 1. The first-order valence-electron chi connectivity index (χ1n) is 10.7. The lowest BCUT2D eigenvalue weighted by molar-refractivity contribution is -0.136. The number of anilines is 1. The summed E-state index contributed by atoms with van der Waals surface area (Å²) in [4.78, 5) is 27.4. The number of nitrogens with zero attached hydrogens (tertiary/aromatic N) is 1. The molecule has 2 fully saturated rings. The van der Waals surface area contributed by atoms with E-state index < -0.39 is 15.9 Å². The quantitative estimate of drug-likeness (QED) is 0.713. The molecule has 0 unspecified atom stereocenters. The number of likely N-dealkylation sites (N-methyl/N-ethyl adjacent to an activating group) is 1. The molecule has 0 spiro atoms. The second-order valence-corrected chi connectivity index (χ2v) is 10.9. The molecule has 2 amide bonds. The molecule has 0 aromatic heterocycles. The van der Waals surface area contributed by atoms with E-state index in [9.17, 15) is 18.0 Å². The summed E-state index contributed by atoms with van der Waals surface area (Å²) in [5.41, 5.74) is 7.42. The summed E-state index contributed by atoms with van der Waals surface area (Å²) in [6.07, 6.45) is 7.14. The van der Waals surface area contributed by atoms with E-state index in [0.29, 0.717) is 24.6 Å². The van der Waals surface area contributed by atoms with E-state index in [1.165, 1.54) is 6.42 Å². The monoisotopic (exact) mass is 435 g/mol. The largest absolute Gasteiger partial charge is 0.341 e. The molecule has 0 radical (unpaired) electrons. The minimum absolute atomic E-state index is 0.00468. The van der Waals surface area contributed by atoms with Gasteiger partial charge in [-0.2, -0.15) is 0 Å². The highest BCUT2D eigenvalue weighted by Gasteiger charge is 2.36. The van der Waals surface area contributed by atoms with Crippen molar-refractivity contribution in [2.45, 2.75) is 68.8 Å². The minimum Gasteiger partial charge on any atom is -0.341 e. The van der Waals surface area contributed by atoms with E-state index in [1.807, 2.05) is 14.0 Å². The summed E-state index contributed by atoms with van der Waals surface area (Å²) < 4.78 is 24.1. The van der Waals surface area contributed by atoms with Gasteiger partial charge in [-0.15, -0.1) is 0 Å². The molecular weight excluding hydrogens is 402 g/mol. The number of carbonyl (C=O) groups is 2. The van der Waals surface area contributed by atoms with Gasteiger partial charge in [-0.05, 0) is 75.5 Å². The van der Waals surface area contributed by atoms with Gasteiger partial charge in [0.15, 0.2) is 9.84 Å². The molecule has 2 aliphatic rings. The van der Waals surface area contributed by atoms with Gasteiger partial charge in [0.1, 0.15) is 0 Å². The Labute approximate surface area is 179 Å². The zero-order valence-corrected chi connectivity index (χ0v) is 18.9. The van der Waals surface area contributed by atoms with Gasteiger partial charge in [-0.1, -0.05) is 6.07 Å². The van der Waals surface area contributed by atoms with Crippen LogP contribution in [0.4, 0.5) is 5.69 Å². The Morgan fingerprint density at radius 3 is 2.30 bits per heavy atom. The van der Waals surface area contributed by atoms with Crippen LogP contribution in [0.2, 0.25) is 0 Å². The first-order chi connectivity index (χ1) is 14.1. The van der Waals surface area contributed by atoms with E-state index in [1.54, 1.807) is 23.1 Å². The van der Waals surface area contributed by atoms with Crippen molar-refractivity contribution in [3.05, 3.63) is 23.8 Å². The fourth-order valence-corrected chi connectivity index (χ4v) is 5.32. The lowest BCUT2D eigenvalue weighted by atomic mass is 9.77. The third-order valence-corrected chi connectivity index (χ3v) is 7.84. The molecule has 166 valence electrons. The Kier molecular flexibility index (Phi) is 6.87. The van der Waals surface area contributed by atoms with Crippen LogP contribution >= 0.6 is 0 Å². The van der Waals surface area contributed by atoms with Crippen LogP contribution in [0.25, 0.3) is 0 Å². The Balaban J connectivity index is 1.58. The zero-order valence-electron chi connectivity index (χ0n) is 18.1. The van der Waals surface area contributed by atoms with E-state index in [-0.39, 0.29) is 28.5 Å². The summed E-state index contributed by atoms with van der Waals surface area (Å²) in [7, 11) is -1.61. The van der Waals surface area contributed by atoms with Crippen molar-refractivity contribution in [3.8, 4) is 0 Å². The van der Waals surface area contributed by atoms with Crippen LogP contribution in [0, 0.1) is 18.8 Å². The summed E-state index contributed by atoms with van der Waals surface area (Å²) >= 11 is 0. The van der Waals surface area contributed by atoms with Crippen molar-refractivity contribution in [2.24, 2.45) is 17.6 Å². The maximum atomic E-state index is 12.8. The molecule has 0 aliphatic heterocycles. The highest BCUT2D eigenvalue weighted by molar-refractivity contribution is 7.90. The first kappa shape index (κ1) is 22.7. The second kappa shape index (κ2) is 9.06. The number of hydrogen-bond acceptors (Lipinski definition) is 5. The average Bonchev–Trinajstić information content (AvgIpc) is 2.66. The molecule has 0 saturated heterocycles. The van der Waals surface area contributed by atoms with E-state index in [4.69, 9.17) is 5.73 Å². The van der Waals surface area contributed by atoms with Crippen molar-refractivity contribution in [3.63, 3.8) is 0 Å². The number of amides is 2. The topological polar surface area (TPSA) is 110 Å². The molecule has 1 aromatic carbocycles. The van der Waals surface area contributed by atoms with Crippen LogP contribution in [0.15, 0.2) is 23.1 Å². The third-order valence-electron chi connectivity index (χ3n) is 6.70. The summed E-state index contributed by atoms with van der Waals surface area (Å²) in [6.45, 7) is 1.81. The number of carbonyl (C=O) groups excluding carboxylic acids is 2. The van der Waals surface area contributed by atoms with E-state index in [0.717, 1.165) is 37.5 Å². The Morgan fingerprint density at radius 2 is 1.77 bits per heavy atom. The molecule has 8 heteroatoms. The Hall–Kier alpha value is -1.93. The standard InChI is InChI=1S/C22H33N3O4S/c1-14-7-12-18(19(13-14)30(3,28)29)24-21(26)16-10-8-15(9-11-16)20(23)22(27)25(2)17-5-4-6-17/h7,12-13,15-17,20H,4-6,8-11,23H2,1-3H3,(H,24,26)/t15?,16?,20-/m0/s1. The lowest BCUT2D eigenvalue weighted by Crippen LogP contribution is -2.52. The average molecular weight is 436 g/mol. The number of hydrogen-bond donors (Lipinski definition) is 2. The summed E-state index contributed by atoms with van der Waals surface area (Å²) in [5.74, 6) is -0.296. The fourth-order valence-electron chi connectivity index (χ4n) is 4.41. The van der Waals surface area contributed by atoms with Crippen LogP contribution in [-0.4, -0.2) is 50.5 Å². The van der Waals surface area contributed by atoms with Crippen molar-refractivity contribution >= 4 is 27.3 Å². The lowest BCUT2D eigenvalue weighted by Gasteiger charge is -2.38. The zero-order chi connectivity index (χ0) is 22.1. The molecule has 3 rings (SSSR count). The van der Waals surface area contributed by atoms with Gasteiger partial charge < -0.3 is 16.0 Å². The SMILES string of the molecule is Cc1ccc(NC(=O)C2CCC([C@H](N)C(=O)N(C)C3CCC3)CC2)c(S(C)(=O)=O)c1. The molecule has 0 heterocycles. The smallest absolute Gasteiger partial charge is 0.239 e. The summed E-state index contributed by atoms with van der Waals surface area (Å²) in [6, 6.07) is 4.80. The minimum atomic E-state index is -3.45. The van der Waals surface area contributed by atoms with Crippen LogP contribution in [0.5, 0.6) is 0 Å². The fraction of sp³-hybridized carbons (Fsp3) is 0.636. The van der Waals surface area contributed by atoms with E-state index in [2.05, 4.69) is 5.32 Å². The van der Waals surface area contributed by atoms with Crippen LogP contribution < -0.4 is 11.1 Å². The van der Waals surface area contributed by atoms with Crippen molar-refractivity contribution in [1.82, 2.24) is 4.90 Å². The molecule has 2 saturated carbocycles. The highest BCUT2D eigenvalue weighted by atomic mass is 32.2. The Bertz CT molecular complexity index is 903. The van der Waals surface area contributed by atoms with Crippen LogP contribution in [0.1, 0.15) is 50.5 Å². The summed E-state index contributed by atoms with van der Waals surface area (Å²) in [5, 5.41) is 2.80. The Morgan fingerprint density at radius 1 is 1.13 bits per heavy atom. The number of benzene rings is 1. The molecule has 30 heavy (non-hydrogen) atoms. The normalized spacial score (nSPS) is 23.3. The maximum Gasteiger partial charge on any atom is 0.239 e. The molecule has 1 atom stereocenters. The molecule has 0 bridgehead atoms. The van der Waals surface area contributed by atoms with Crippen molar-refractivity contribution in [1.29, 1.82) is 0 Å². The van der Waals surface area contributed by atoms with Crippen LogP contribution in [0.3, 0.4) is 0 Å².